The molecule has 0 aliphatic carbocycles. The van der Waals surface area contributed by atoms with E-state index in [4.69, 9.17) is 5.73 Å². The van der Waals surface area contributed by atoms with E-state index >= 15 is 0 Å². The van der Waals surface area contributed by atoms with Crippen LogP contribution < -0.4 is 5.73 Å². The molecule has 96 valence electrons. The number of imidazole rings is 1. The maximum atomic E-state index is 13.7. The van der Waals surface area contributed by atoms with Gasteiger partial charge >= 0.3 is 0 Å². The second-order valence-electron chi connectivity index (χ2n) is 4.08. The fraction of sp³-hybridized carbons (Fsp3) is 0. The molecule has 0 unspecified atom stereocenters. The maximum Gasteiger partial charge on any atom is 0.183 e. The molecule has 3 rings (SSSR count). The summed E-state index contributed by atoms with van der Waals surface area (Å²) in [7, 11) is 0. The van der Waals surface area contributed by atoms with Crippen molar-refractivity contribution in [1.29, 1.82) is 0 Å². The molecule has 0 aliphatic rings. The molecule has 1 aromatic heterocycles. The largest absolute Gasteiger partial charge is 0.399 e. The van der Waals surface area contributed by atoms with Crippen LogP contribution in [-0.4, -0.2) is 9.55 Å². The summed E-state index contributed by atoms with van der Waals surface area (Å²) in [4.78, 5) is 4.03. The molecule has 0 saturated heterocycles. The van der Waals surface area contributed by atoms with Gasteiger partial charge in [0.1, 0.15) is 12.1 Å². The summed E-state index contributed by atoms with van der Waals surface area (Å²) >= 11 is 0. The standard InChI is InChI=1S/C13H8F3N3/c14-7-3-9(15)13(16)12(4-7)19-6-18-10-5-8(17)1-2-11(10)19/h1-6H,17H2. The molecule has 3 nitrogen and oxygen atoms in total. The lowest BCUT2D eigenvalue weighted by molar-refractivity contribution is 0.491. The first kappa shape index (κ1) is 11.6. The normalized spacial score (nSPS) is 11.1. The van der Waals surface area contributed by atoms with Crippen LogP contribution in [0.25, 0.3) is 16.7 Å². The Balaban J connectivity index is 2.31. The van der Waals surface area contributed by atoms with E-state index in [-0.39, 0.29) is 5.69 Å². The van der Waals surface area contributed by atoms with Gasteiger partial charge in [0.25, 0.3) is 0 Å². The van der Waals surface area contributed by atoms with Gasteiger partial charge in [0.2, 0.25) is 0 Å². The van der Waals surface area contributed by atoms with Crippen LogP contribution >= 0.6 is 0 Å². The van der Waals surface area contributed by atoms with Crippen molar-refractivity contribution in [3.63, 3.8) is 0 Å². The summed E-state index contributed by atoms with van der Waals surface area (Å²) in [5, 5.41) is 0. The van der Waals surface area contributed by atoms with Gasteiger partial charge < -0.3 is 5.73 Å². The molecule has 0 radical (unpaired) electrons. The molecule has 2 N–H and O–H groups in total. The number of benzene rings is 2. The van der Waals surface area contributed by atoms with Crippen LogP contribution in [0.3, 0.4) is 0 Å². The third-order valence-electron chi connectivity index (χ3n) is 2.80. The summed E-state index contributed by atoms with van der Waals surface area (Å²) in [5.41, 5.74) is 6.91. The monoisotopic (exact) mass is 263 g/mol. The van der Waals surface area contributed by atoms with Crippen LogP contribution in [0.15, 0.2) is 36.7 Å². The number of nitrogens with two attached hydrogens (primary N) is 1. The number of rotatable bonds is 1. The summed E-state index contributed by atoms with van der Waals surface area (Å²) in [5.74, 6) is -3.23. The summed E-state index contributed by atoms with van der Waals surface area (Å²) in [6.45, 7) is 0. The van der Waals surface area contributed by atoms with Crippen molar-refractivity contribution in [1.82, 2.24) is 9.55 Å². The molecule has 0 spiro atoms. The van der Waals surface area contributed by atoms with Crippen LogP contribution in [0.4, 0.5) is 18.9 Å². The van der Waals surface area contributed by atoms with E-state index in [0.29, 0.717) is 22.8 Å². The highest BCUT2D eigenvalue weighted by Crippen LogP contribution is 2.24. The molecule has 3 aromatic rings. The van der Waals surface area contributed by atoms with Gasteiger partial charge in [-0.1, -0.05) is 0 Å². The number of nitrogen functional groups attached to an aromatic ring is 1. The average molecular weight is 263 g/mol. The van der Waals surface area contributed by atoms with E-state index in [9.17, 15) is 13.2 Å². The molecule has 0 aliphatic heterocycles. The van der Waals surface area contributed by atoms with Crippen molar-refractivity contribution in [2.75, 3.05) is 5.73 Å². The van der Waals surface area contributed by atoms with Crippen LogP contribution in [0.1, 0.15) is 0 Å². The SMILES string of the molecule is Nc1ccc2c(c1)ncn2-c1cc(F)cc(F)c1F. The number of halogens is 3. The Hall–Kier alpha value is -2.50. The molecule has 2 aromatic carbocycles. The number of anilines is 1. The van der Waals surface area contributed by atoms with Crippen LogP contribution in [0, 0.1) is 17.5 Å². The van der Waals surface area contributed by atoms with Crippen molar-refractivity contribution in [2.45, 2.75) is 0 Å². The zero-order valence-electron chi connectivity index (χ0n) is 9.57. The van der Waals surface area contributed by atoms with Crippen molar-refractivity contribution in [3.8, 4) is 5.69 Å². The molecule has 6 heteroatoms. The summed E-state index contributed by atoms with van der Waals surface area (Å²) in [6.07, 6.45) is 1.29. The van der Waals surface area contributed by atoms with Crippen LogP contribution in [0.2, 0.25) is 0 Å². The van der Waals surface area contributed by atoms with Crippen molar-refractivity contribution in [3.05, 3.63) is 54.1 Å². The number of hydrogen-bond donors (Lipinski definition) is 1. The quantitative estimate of drug-likeness (QED) is 0.541. The Kier molecular flexibility index (Phi) is 2.45. The Morgan fingerprint density at radius 3 is 2.63 bits per heavy atom. The highest BCUT2D eigenvalue weighted by Gasteiger charge is 2.14. The fourth-order valence-corrected chi connectivity index (χ4v) is 1.94. The highest BCUT2D eigenvalue weighted by atomic mass is 19.2. The van der Waals surface area contributed by atoms with Gasteiger partial charge in [0.15, 0.2) is 11.6 Å². The number of fused-ring (bicyclic) bond motifs is 1. The van der Waals surface area contributed by atoms with E-state index in [1.165, 1.54) is 10.9 Å². The zero-order chi connectivity index (χ0) is 13.6. The van der Waals surface area contributed by atoms with Gasteiger partial charge in [-0.2, -0.15) is 0 Å². The second-order valence-corrected chi connectivity index (χ2v) is 4.08. The smallest absolute Gasteiger partial charge is 0.183 e. The lowest BCUT2D eigenvalue weighted by Crippen LogP contribution is -2.00. The predicted octanol–water partition coefficient (Wildman–Crippen LogP) is 3.03. The first-order valence-corrected chi connectivity index (χ1v) is 5.44. The first-order valence-electron chi connectivity index (χ1n) is 5.44. The van der Waals surface area contributed by atoms with Gasteiger partial charge in [-0.05, 0) is 18.2 Å². The van der Waals surface area contributed by atoms with Gasteiger partial charge in [-0.25, -0.2) is 18.2 Å². The molecule has 0 fully saturated rings. The molecular weight excluding hydrogens is 255 g/mol. The van der Waals surface area contributed by atoms with Crippen molar-refractivity contribution < 1.29 is 13.2 Å². The topological polar surface area (TPSA) is 43.8 Å². The zero-order valence-corrected chi connectivity index (χ0v) is 9.57. The Labute approximate surface area is 106 Å². The fourth-order valence-electron chi connectivity index (χ4n) is 1.94. The third-order valence-corrected chi connectivity index (χ3v) is 2.80. The molecule has 0 amide bonds. The van der Waals surface area contributed by atoms with Gasteiger partial charge in [-0.15, -0.1) is 0 Å². The minimum absolute atomic E-state index is 0.232. The minimum Gasteiger partial charge on any atom is -0.399 e. The molecule has 19 heavy (non-hydrogen) atoms. The van der Waals surface area contributed by atoms with E-state index in [2.05, 4.69) is 4.98 Å². The Bertz CT molecular complexity index is 780. The predicted molar refractivity (Wildman–Crippen MR) is 65.4 cm³/mol. The lowest BCUT2D eigenvalue weighted by atomic mass is 10.2. The lowest BCUT2D eigenvalue weighted by Gasteiger charge is -2.07. The Morgan fingerprint density at radius 2 is 1.84 bits per heavy atom. The van der Waals surface area contributed by atoms with Crippen molar-refractivity contribution >= 4 is 16.7 Å². The highest BCUT2D eigenvalue weighted by molar-refractivity contribution is 5.80. The van der Waals surface area contributed by atoms with E-state index in [1.807, 2.05) is 0 Å². The average Bonchev–Trinajstić information content (AvgIpc) is 2.76. The van der Waals surface area contributed by atoms with Crippen molar-refractivity contribution in [2.24, 2.45) is 0 Å². The maximum absolute atomic E-state index is 13.7. The molecule has 1 heterocycles. The molecule has 0 atom stereocenters. The summed E-state index contributed by atoms with van der Waals surface area (Å²) in [6, 6.07) is 6.22. The number of hydrogen-bond acceptors (Lipinski definition) is 2. The van der Waals surface area contributed by atoms with Crippen LogP contribution in [-0.2, 0) is 0 Å². The van der Waals surface area contributed by atoms with Gasteiger partial charge in [0.05, 0.1) is 16.7 Å². The number of aromatic nitrogens is 2. The van der Waals surface area contributed by atoms with E-state index in [0.717, 1.165) is 6.07 Å². The minimum atomic E-state index is -1.24. The summed E-state index contributed by atoms with van der Waals surface area (Å²) < 4.78 is 41.4. The Morgan fingerprint density at radius 1 is 1.05 bits per heavy atom. The molecular formula is C13H8F3N3. The molecule has 0 bridgehead atoms. The van der Waals surface area contributed by atoms with Gasteiger partial charge in [0, 0.05) is 17.8 Å². The second kappa shape index (κ2) is 4.01. The number of nitrogens with zero attached hydrogens (tertiary/aromatic N) is 2. The van der Waals surface area contributed by atoms with Gasteiger partial charge in [-0.3, -0.25) is 4.57 Å². The molecule has 0 saturated carbocycles. The van der Waals surface area contributed by atoms with Crippen LogP contribution in [0.5, 0.6) is 0 Å². The van der Waals surface area contributed by atoms with E-state index < -0.39 is 17.5 Å². The first-order chi connectivity index (χ1) is 9.06. The van der Waals surface area contributed by atoms with E-state index in [1.54, 1.807) is 18.2 Å². The third kappa shape index (κ3) is 1.81.